The van der Waals surface area contributed by atoms with Crippen LogP contribution in [0.3, 0.4) is 0 Å². The van der Waals surface area contributed by atoms with Crippen LogP contribution in [0.25, 0.3) is 0 Å². The van der Waals surface area contributed by atoms with Crippen LogP contribution in [0, 0.1) is 0 Å². The van der Waals surface area contributed by atoms with Gasteiger partial charge < -0.3 is 35.1 Å². The smallest absolute Gasteiger partial charge is 0.220 e. The van der Waals surface area contributed by atoms with Crippen LogP contribution < -0.4 is 21.3 Å². The number of carbonyl (C=O) groups is 4. The predicted octanol–water partition coefficient (Wildman–Crippen LogP) is 21.9. The Morgan fingerprint density at radius 1 is 0.284 bits per heavy atom. The van der Waals surface area contributed by atoms with Crippen molar-refractivity contribution in [2.75, 3.05) is 136 Å². The minimum absolute atomic E-state index is 0.0582. The summed E-state index contributed by atoms with van der Waals surface area (Å²) in [6.45, 7) is 15.5. The summed E-state index contributed by atoms with van der Waals surface area (Å²) in [5.74, 6) is 5.04. The van der Waals surface area contributed by atoms with E-state index in [0.717, 1.165) is 70.8 Å². The predicted molar refractivity (Wildman–Crippen MR) is 433 cm³/mol. The monoisotopic (exact) mass is 1460 g/mol. The van der Waals surface area contributed by atoms with E-state index in [1.807, 2.05) is 0 Å². The summed E-state index contributed by atoms with van der Waals surface area (Å²) in [5, 5.41) is 11.9. The van der Waals surface area contributed by atoms with Crippen LogP contribution in [0.15, 0.2) is 0 Å². The molecule has 0 aromatic carbocycles. The molecule has 0 spiro atoms. The van der Waals surface area contributed by atoms with Crippen molar-refractivity contribution in [2.45, 2.75) is 342 Å². The fraction of sp³-hybridized carbons (Fsp3) is 0.949. The quantitative estimate of drug-likeness (QED) is 0.0204. The Hall–Kier alpha value is -0.260. The number of amides is 4. The SMILES string of the molecule is CCCCCCCCCCCCCCCCN(C)C.CCCCCCCCCCCCCCCC[N+](C)(C)CCCC(=O)NCCSSCCNC(=O)CCC[N+](C)(C)CCCCCCCCCCCCCCCC.O=C(CCCCl)NCCSSCCNC(=O)CCCCl. The van der Waals surface area contributed by atoms with Crippen molar-refractivity contribution in [3.05, 3.63) is 0 Å². The van der Waals surface area contributed by atoms with Crippen molar-refractivity contribution < 1.29 is 28.1 Å². The second kappa shape index (κ2) is 81.0. The molecule has 0 aromatic rings. The molecule has 0 saturated heterocycles. The number of unbranched alkanes of at least 4 members (excludes halogenated alkanes) is 39. The summed E-state index contributed by atoms with van der Waals surface area (Å²) in [6, 6.07) is 0. The molecule has 0 heterocycles. The van der Waals surface area contributed by atoms with Crippen molar-refractivity contribution in [2.24, 2.45) is 0 Å². The Labute approximate surface area is 617 Å². The molecular weight excluding hydrogens is 1300 g/mol. The molecule has 0 aliphatic heterocycles. The van der Waals surface area contributed by atoms with Gasteiger partial charge in [-0.15, -0.1) is 23.2 Å². The second-order valence-electron chi connectivity index (χ2n) is 28.8. The van der Waals surface area contributed by atoms with Gasteiger partial charge in [-0.05, 0) is 65.6 Å². The van der Waals surface area contributed by atoms with Crippen LogP contribution in [-0.2, 0) is 19.2 Å². The number of halogens is 2. The second-order valence-corrected chi connectivity index (χ2v) is 35.0. The fourth-order valence-corrected chi connectivity index (χ4v) is 15.5. The van der Waals surface area contributed by atoms with Gasteiger partial charge in [-0.2, -0.15) is 0 Å². The number of hydrogen-bond donors (Lipinski definition) is 4. The summed E-state index contributed by atoms with van der Waals surface area (Å²) in [5.41, 5.74) is 0. The van der Waals surface area contributed by atoms with E-state index < -0.39 is 0 Å². The molecule has 0 aliphatic rings. The van der Waals surface area contributed by atoms with Gasteiger partial charge in [0.15, 0.2) is 0 Å². The maximum atomic E-state index is 12.4. The number of nitrogens with one attached hydrogen (secondary N) is 4. The molecule has 4 amide bonds. The van der Waals surface area contributed by atoms with E-state index in [2.05, 4.69) is 89.2 Å². The highest BCUT2D eigenvalue weighted by molar-refractivity contribution is 8.77. The van der Waals surface area contributed by atoms with Gasteiger partial charge in [0.25, 0.3) is 0 Å². The molecule has 95 heavy (non-hydrogen) atoms. The van der Waals surface area contributed by atoms with Crippen molar-refractivity contribution >= 4 is 90.0 Å². The molecule has 0 fully saturated rings. The first-order chi connectivity index (χ1) is 46.1. The molecule has 17 heteroatoms. The number of rotatable bonds is 73. The third kappa shape index (κ3) is 89.8. The lowest BCUT2D eigenvalue weighted by molar-refractivity contribution is -0.890. The van der Waals surface area contributed by atoms with Gasteiger partial charge >= 0.3 is 0 Å². The first-order valence-electron chi connectivity index (χ1n) is 40.1. The van der Waals surface area contributed by atoms with Gasteiger partial charge in [0.1, 0.15) is 0 Å². The van der Waals surface area contributed by atoms with Gasteiger partial charge in [-0.1, -0.05) is 302 Å². The minimum atomic E-state index is 0.0582. The third-order valence-electron chi connectivity index (χ3n) is 17.8. The lowest BCUT2D eigenvalue weighted by Gasteiger charge is -2.29. The Kier molecular flexibility index (Phi) is 84.4. The Morgan fingerprint density at radius 3 is 0.684 bits per heavy atom. The van der Waals surface area contributed by atoms with Crippen LogP contribution in [0.5, 0.6) is 0 Å². The highest BCUT2D eigenvalue weighted by Gasteiger charge is 2.17. The number of quaternary nitrogens is 2. The molecule has 0 aromatic heterocycles. The highest BCUT2D eigenvalue weighted by Crippen LogP contribution is 2.21. The summed E-state index contributed by atoms with van der Waals surface area (Å²) in [7, 11) is 20.6. The van der Waals surface area contributed by atoms with E-state index in [0.29, 0.717) is 63.6 Å². The topological polar surface area (TPSA) is 120 Å². The molecule has 0 bridgehead atoms. The average Bonchev–Trinajstić information content (AvgIpc) is 3.77. The van der Waals surface area contributed by atoms with Crippen molar-refractivity contribution in [1.29, 1.82) is 0 Å². The van der Waals surface area contributed by atoms with Gasteiger partial charge in [0.2, 0.25) is 23.6 Å². The number of carbonyl (C=O) groups excluding carboxylic acids is 4. The van der Waals surface area contributed by atoms with Gasteiger partial charge in [-0.25, -0.2) is 0 Å². The molecule has 4 N–H and O–H groups in total. The minimum Gasteiger partial charge on any atom is -0.355 e. The van der Waals surface area contributed by atoms with E-state index in [4.69, 9.17) is 23.2 Å². The summed E-state index contributed by atoms with van der Waals surface area (Å²) < 4.78 is 2.04. The molecule has 11 nitrogen and oxygen atoms in total. The molecule has 0 atom stereocenters. The molecule has 0 rings (SSSR count). The van der Waals surface area contributed by atoms with E-state index >= 15 is 0 Å². The van der Waals surface area contributed by atoms with Crippen LogP contribution in [0.4, 0.5) is 0 Å². The normalized spacial score (nSPS) is 11.5. The molecule has 568 valence electrons. The summed E-state index contributed by atoms with van der Waals surface area (Å²) >= 11 is 11.0. The summed E-state index contributed by atoms with van der Waals surface area (Å²) in [6.07, 6.45) is 65.2. The van der Waals surface area contributed by atoms with E-state index in [1.54, 1.807) is 43.2 Å². The maximum Gasteiger partial charge on any atom is 0.220 e. The zero-order valence-electron chi connectivity index (χ0n) is 64.3. The van der Waals surface area contributed by atoms with Gasteiger partial charge in [0.05, 0.1) is 54.4 Å². The molecule has 0 unspecified atom stereocenters. The molecule has 0 radical (unpaired) electrons. The highest BCUT2D eigenvalue weighted by atomic mass is 35.5. The Bertz CT molecular complexity index is 1500. The van der Waals surface area contributed by atoms with E-state index in [-0.39, 0.29) is 23.6 Å². The van der Waals surface area contributed by atoms with Crippen LogP contribution >= 0.6 is 66.4 Å². The van der Waals surface area contributed by atoms with Crippen molar-refractivity contribution in [1.82, 2.24) is 26.2 Å². The number of hydrogen-bond acceptors (Lipinski definition) is 9. The first-order valence-corrected chi connectivity index (χ1v) is 46.1. The summed E-state index contributed by atoms with van der Waals surface area (Å²) in [4.78, 5) is 49.5. The third-order valence-corrected chi connectivity index (χ3v) is 23.2. The Balaban J connectivity index is -0.00000175. The molecule has 0 aliphatic carbocycles. The zero-order valence-corrected chi connectivity index (χ0v) is 69.1. The number of alkyl halides is 2. The van der Waals surface area contributed by atoms with Crippen LogP contribution in [0.2, 0.25) is 0 Å². The van der Waals surface area contributed by atoms with Gasteiger partial charge in [0, 0.05) is 99.5 Å². The van der Waals surface area contributed by atoms with E-state index in [9.17, 15) is 19.2 Å². The average molecular weight is 1460 g/mol. The number of nitrogens with zero attached hydrogens (tertiary/aromatic N) is 3. The van der Waals surface area contributed by atoms with Crippen LogP contribution in [-0.4, -0.2) is 173 Å². The van der Waals surface area contributed by atoms with Crippen molar-refractivity contribution in [3.8, 4) is 0 Å². The first kappa shape index (κ1) is 98.9. The molecular formula is C78H161Cl2N7O4S4+2. The molecule has 0 saturated carbocycles. The van der Waals surface area contributed by atoms with Crippen LogP contribution in [0.1, 0.15) is 342 Å². The maximum absolute atomic E-state index is 12.4. The zero-order chi connectivity index (χ0) is 70.5. The largest absolute Gasteiger partial charge is 0.355 e. The lowest BCUT2D eigenvalue weighted by atomic mass is 10.0. The lowest BCUT2D eigenvalue weighted by Crippen LogP contribution is -2.41. The fourth-order valence-electron chi connectivity index (χ4n) is 11.6. The van der Waals surface area contributed by atoms with Gasteiger partial charge in [-0.3, -0.25) is 19.2 Å². The van der Waals surface area contributed by atoms with E-state index in [1.165, 1.54) is 289 Å². The van der Waals surface area contributed by atoms with Crippen molar-refractivity contribution in [3.63, 3.8) is 0 Å². The standard InChI is InChI=1S/C48H98N4O2S2.C18H39N.C12H22Cl2N2O2S2/c1-7-9-11-13-15-17-19-21-23-25-27-29-31-33-41-51(3,4)43-35-37-47(53)49-39-45-55-56-46-40-50-48(54)38-36-44-52(5,6)42-34-32-30-28-26-24-22-20-18-16-14-12-10-8-2;1-4-5-6-7-8-9-10-11-12-13-14-15-16-17-18-19(2)3;13-5-1-3-11(17)15-7-9-19-20-10-8-16-12(18)4-2-6-14/h7-46H2,1-6H3;4-18H2,1-3H3;1-10H2,(H,15,17)(H,16,18)/p+2. The Morgan fingerprint density at radius 2 is 0.474 bits per heavy atom.